The summed E-state index contributed by atoms with van der Waals surface area (Å²) in [7, 11) is 0. The number of rotatable bonds is 7. The maximum Gasteiger partial charge on any atom is 0.240 e. The lowest BCUT2D eigenvalue weighted by Gasteiger charge is -2.35. The Balaban J connectivity index is 1.95. The molecule has 0 unspecified atom stereocenters. The van der Waals surface area contributed by atoms with Crippen LogP contribution in [0.1, 0.15) is 52.4 Å². The summed E-state index contributed by atoms with van der Waals surface area (Å²) in [6.07, 6.45) is 9.10. The molecule has 0 aromatic carbocycles. The minimum absolute atomic E-state index is 0.289. The lowest BCUT2D eigenvalue weighted by Crippen LogP contribution is -2.48. The molecule has 0 aromatic rings. The number of hydrogen-bond acceptors (Lipinski definition) is 3. The van der Waals surface area contributed by atoms with Crippen LogP contribution in [0.2, 0.25) is 0 Å². The fourth-order valence-corrected chi connectivity index (χ4v) is 3.55. The van der Waals surface area contributed by atoms with Gasteiger partial charge in [-0.15, -0.1) is 0 Å². The average Bonchev–Trinajstić information content (AvgIpc) is 3.02. The van der Waals surface area contributed by atoms with E-state index in [-0.39, 0.29) is 5.91 Å². The summed E-state index contributed by atoms with van der Waals surface area (Å²) in [5.41, 5.74) is 1.25. The number of likely N-dealkylation sites (N-methyl/N-ethyl adjacent to an activating group) is 1. The third kappa shape index (κ3) is 4.55. The Morgan fingerprint density at radius 2 is 2.10 bits per heavy atom. The topological polar surface area (TPSA) is 35.6 Å². The van der Waals surface area contributed by atoms with Gasteiger partial charge >= 0.3 is 0 Å². The zero-order chi connectivity index (χ0) is 15.1. The largest absolute Gasteiger partial charge is 0.317 e. The summed E-state index contributed by atoms with van der Waals surface area (Å²) in [5, 5.41) is 3.41. The number of allylic oxidation sites excluding steroid dienone is 2. The zero-order valence-electron chi connectivity index (χ0n) is 13.7. The Kier molecular flexibility index (Phi) is 6.71. The summed E-state index contributed by atoms with van der Waals surface area (Å²) < 4.78 is 0. The highest BCUT2D eigenvalue weighted by Gasteiger charge is 2.25. The first-order valence-corrected chi connectivity index (χ1v) is 8.70. The zero-order valence-corrected chi connectivity index (χ0v) is 13.7. The Hall–Kier alpha value is -0.870. The van der Waals surface area contributed by atoms with Gasteiger partial charge in [-0.25, -0.2) is 0 Å². The van der Waals surface area contributed by atoms with Crippen molar-refractivity contribution in [3.05, 3.63) is 11.8 Å². The van der Waals surface area contributed by atoms with Crippen molar-refractivity contribution in [2.24, 2.45) is 0 Å². The number of carbonyl (C=O) groups excluding carboxylic acids is 1. The Morgan fingerprint density at radius 3 is 2.67 bits per heavy atom. The second-order valence-corrected chi connectivity index (χ2v) is 6.18. The number of piperidine rings is 1. The Morgan fingerprint density at radius 1 is 1.33 bits per heavy atom. The van der Waals surface area contributed by atoms with Gasteiger partial charge in [-0.1, -0.05) is 13.0 Å². The van der Waals surface area contributed by atoms with Crippen molar-refractivity contribution in [3.63, 3.8) is 0 Å². The van der Waals surface area contributed by atoms with Crippen molar-refractivity contribution in [2.75, 3.05) is 32.7 Å². The van der Waals surface area contributed by atoms with Crippen molar-refractivity contribution in [2.45, 2.75) is 58.4 Å². The lowest BCUT2D eigenvalue weighted by atomic mass is 10.0. The van der Waals surface area contributed by atoms with E-state index < -0.39 is 0 Å². The van der Waals surface area contributed by atoms with Gasteiger partial charge in [0.05, 0.1) is 6.54 Å². The van der Waals surface area contributed by atoms with Gasteiger partial charge in [0.15, 0.2) is 0 Å². The van der Waals surface area contributed by atoms with Crippen LogP contribution in [0.15, 0.2) is 11.8 Å². The van der Waals surface area contributed by atoms with Gasteiger partial charge in [0, 0.05) is 18.3 Å². The third-order valence-electron chi connectivity index (χ3n) is 4.66. The molecule has 2 rings (SSSR count). The van der Waals surface area contributed by atoms with Crippen LogP contribution in [-0.2, 0) is 4.79 Å². The molecule has 1 aliphatic carbocycles. The van der Waals surface area contributed by atoms with E-state index in [1.807, 2.05) is 4.90 Å². The molecule has 0 saturated carbocycles. The fourth-order valence-electron chi connectivity index (χ4n) is 3.55. The van der Waals surface area contributed by atoms with Crippen LogP contribution in [0.25, 0.3) is 0 Å². The summed E-state index contributed by atoms with van der Waals surface area (Å²) in [4.78, 5) is 17.1. The van der Waals surface area contributed by atoms with Gasteiger partial charge in [-0.05, 0) is 65.1 Å². The van der Waals surface area contributed by atoms with Crippen molar-refractivity contribution >= 4 is 5.91 Å². The smallest absolute Gasteiger partial charge is 0.240 e. The molecular formula is C17H31N3O. The van der Waals surface area contributed by atoms with E-state index in [4.69, 9.17) is 0 Å². The molecule has 4 nitrogen and oxygen atoms in total. The number of nitrogens with one attached hydrogen (secondary N) is 1. The molecule has 4 heteroatoms. The first-order chi connectivity index (χ1) is 10.3. The highest BCUT2D eigenvalue weighted by Crippen LogP contribution is 2.22. The number of hydrogen-bond donors (Lipinski definition) is 1. The molecule has 120 valence electrons. The summed E-state index contributed by atoms with van der Waals surface area (Å²) in [5.74, 6) is 0.289. The maximum absolute atomic E-state index is 12.7. The third-order valence-corrected chi connectivity index (χ3v) is 4.66. The summed E-state index contributed by atoms with van der Waals surface area (Å²) in [6, 6.07) is 0.575. The van der Waals surface area contributed by atoms with E-state index in [9.17, 15) is 4.79 Å². The minimum atomic E-state index is 0.289. The highest BCUT2D eigenvalue weighted by molar-refractivity contribution is 5.80. The second kappa shape index (κ2) is 8.54. The molecule has 1 N–H and O–H groups in total. The molecule has 0 spiro atoms. The first-order valence-electron chi connectivity index (χ1n) is 8.70. The number of carbonyl (C=O) groups is 1. The molecule has 1 heterocycles. The van der Waals surface area contributed by atoms with Crippen molar-refractivity contribution in [1.82, 2.24) is 15.1 Å². The standard InChI is InChI=1S/C17H31N3O/c1-3-13-19(15-9-11-18-12-10-15)14-17(21)20(4-2)16-7-5-6-8-16/h7,15,18H,3-6,8-14H2,1-2H3. The summed E-state index contributed by atoms with van der Waals surface area (Å²) in [6.45, 7) is 8.89. The molecule has 21 heavy (non-hydrogen) atoms. The second-order valence-electron chi connectivity index (χ2n) is 6.18. The molecule has 0 atom stereocenters. The van der Waals surface area contributed by atoms with Gasteiger partial charge in [-0.2, -0.15) is 0 Å². The Bertz CT molecular complexity index is 361. The number of amides is 1. The van der Waals surface area contributed by atoms with E-state index in [0.717, 1.165) is 45.4 Å². The predicted molar refractivity (Wildman–Crippen MR) is 87.1 cm³/mol. The molecule has 0 bridgehead atoms. The molecule has 0 aromatic heterocycles. The molecule has 1 saturated heterocycles. The van der Waals surface area contributed by atoms with Gasteiger partial charge in [0.2, 0.25) is 5.91 Å². The van der Waals surface area contributed by atoms with Gasteiger partial charge in [0.1, 0.15) is 0 Å². The molecular weight excluding hydrogens is 262 g/mol. The normalized spacial score (nSPS) is 19.9. The van der Waals surface area contributed by atoms with Crippen molar-refractivity contribution in [3.8, 4) is 0 Å². The minimum Gasteiger partial charge on any atom is -0.317 e. The Labute approximate surface area is 129 Å². The van der Waals surface area contributed by atoms with Gasteiger partial charge in [-0.3, -0.25) is 9.69 Å². The van der Waals surface area contributed by atoms with Crippen LogP contribution in [-0.4, -0.2) is 54.5 Å². The maximum atomic E-state index is 12.7. The quantitative estimate of drug-likeness (QED) is 0.783. The molecule has 2 aliphatic rings. The SMILES string of the molecule is CCCN(CC(=O)N(CC)C1=CCCC1)C1CCNCC1. The van der Waals surface area contributed by atoms with E-state index in [1.54, 1.807) is 0 Å². The van der Waals surface area contributed by atoms with Crippen LogP contribution in [0, 0.1) is 0 Å². The van der Waals surface area contributed by atoms with Crippen LogP contribution in [0.3, 0.4) is 0 Å². The van der Waals surface area contributed by atoms with E-state index >= 15 is 0 Å². The fraction of sp³-hybridized carbons (Fsp3) is 0.824. The van der Waals surface area contributed by atoms with Crippen molar-refractivity contribution < 1.29 is 4.79 Å². The lowest BCUT2D eigenvalue weighted by molar-refractivity contribution is -0.131. The van der Waals surface area contributed by atoms with Crippen LogP contribution in [0.4, 0.5) is 0 Å². The predicted octanol–water partition coefficient (Wildman–Crippen LogP) is 2.37. The van der Waals surface area contributed by atoms with Crippen LogP contribution in [0.5, 0.6) is 0 Å². The summed E-state index contributed by atoms with van der Waals surface area (Å²) >= 11 is 0. The average molecular weight is 293 g/mol. The van der Waals surface area contributed by atoms with Gasteiger partial charge < -0.3 is 10.2 Å². The molecule has 1 aliphatic heterocycles. The van der Waals surface area contributed by atoms with Crippen LogP contribution < -0.4 is 5.32 Å². The first kappa shape index (κ1) is 16.5. The van der Waals surface area contributed by atoms with Crippen LogP contribution >= 0.6 is 0 Å². The highest BCUT2D eigenvalue weighted by atomic mass is 16.2. The number of nitrogens with zero attached hydrogens (tertiary/aromatic N) is 2. The molecule has 1 fully saturated rings. The van der Waals surface area contributed by atoms with E-state index in [1.165, 1.54) is 25.0 Å². The molecule has 0 radical (unpaired) electrons. The van der Waals surface area contributed by atoms with E-state index in [0.29, 0.717) is 12.6 Å². The molecule has 1 amide bonds. The van der Waals surface area contributed by atoms with Crippen molar-refractivity contribution in [1.29, 1.82) is 0 Å². The van der Waals surface area contributed by atoms with E-state index in [2.05, 4.69) is 30.1 Å². The van der Waals surface area contributed by atoms with Gasteiger partial charge in [0.25, 0.3) is 0 Å². The monoisotopic (exact) mass is 293 g/mol.